The van der Waals surface area contributed by atoms with Crippen LogP contribution >= 0.6 is 15.9 Å². The van der Waals surface area contributed by atoms with Crippen molar-refractivity contribution in [1.29, 1.82) is 0 Å². The predicted octanol–water partition coefficient (Wildman–Crippen LogP) is 1.62. The molecule has 13 heavy (non-hydrogen) atoms. The Labute approximate surface area is 82.9 Å². The number of carbonyl (C=O) groups is 1. The summed E-state index contributed by atoms with van der Waals surface area (Å²) in [5.74, 6) is -0.721. The van der Waals surface area contributed by atoms with E-state index in [1.165, 1.54) is 12.1 Å². The van der Waals surface area contributed by atoms with Gasteiger partial charge in [0.05, 0.1) is 4.47 Å². The third-order valence-electron chi connectivity index (χ3n) is 1.27. The molecule has 0 unspecified atom stereocenters. The van der Waals surface area contributed by atoms with E-state index < -0.39 is 12.6 Å². The van der Waals surface area contributed by atoms with Crippen molar-refractivity contribution in [3.8, 4) is 11.5 Å². The Morgan fingerprint density at radius 1 is 1.54 bits per heavy atom. The summed E-state index contributed by atoms with van der Waals surface area (Å²) in [7, 11) is 0. The van der Waals surface area contributed by atoms with E-state index in [-0.39, 0.29) is 5.75 Å². The molecule has 0 saturated carbocycles. The average Bonchev–Trinajstić information content (AvgIpc) is 2.06. The van der Waals surface area contributed by atoms with E-state index in [0.717, 1.165) is 0 Å². The second-order valence-electron chi connectivity index (χ2n) is 2.30. The van der Waals surface area contributed by atoms with E-state index in [1.54, 1.807) is 6.07 Å². The molecule has 1 rings (SSSR count). The number of rotatable bonds is 3. The van der Waals surface area contributed by atoms with Gasteiger partial charge in [-0.1, -0.05) is 0 Å². The van der Waals surface area contributed by atoms with E-state index in [9.17, 15) is 4.79 Å². The van der Waals surface area contributed by atoms with Crippen molar-refractivity contribution >= 4 is 21.9 Å². The third-order valence-corrected chi connectivity index (χ3v) is 1.92. The Kier molecular flexibility index (Phi) is 3.13. The van der Waals surface area contributed by atoms with Crippen molar-refractivity contribution in [3.05, 3.63) is 22.7 Å². The van der Waals surface area contributed by atoms with Crippen LogP contribution in [0.3, 0.4) is 0 Å². The molecular weight excluding hydrogens is 240 g/mol. The number of benzene rings is 1. The molecule has 5 heteroatoms. The minimum Gasteiger partial charge on any atom is -0.508 e. The molecule has 4 nitrogen and oxygen atoms in total. The summed E-state index contributed by atoms with van der Waals surface area (Å²) in [5.41, 5.74) is 0. The molecule has 0 bridgehead atoms. The Morgan fingerprint density at radius 3 is 2.85 bits per heavy atom. The molecule has 0 aromatic heterocycles. The van der Waals surface area contributed by atoms with Gasteiger partial charge in [0.2, 0.25) is 0 Å². The lowest BCUT2D eigenvalue weighted by Gasteiger charge is -2.05. The number of phenolic OH excluding ortho intramolecular Hbond substituents is 1. The van der Waals surface area contributed by atoms with Crippen LogP contribution in [0.5, 0.6) is 11.5 Å². The fourth-order valence-corrected chi connectivity index (χ4v) is 1.10. The third kappa shape index (κ3) is 2.95. The lowest BCUT2D eigenvalue weighted by atomic mass is 10.3. The lowest BCUT2D eigenvalue weighted by Crippen LogP contribution is -2.09. The number of ether oxygens (including phenoxy) is 1. The topological polar surface area (TPSA) is 66.8 Å². The second kappa shape index (κ2) is 4.13. The standard InChI is InChI=1S/C8H7BrO4/c9-6-2-1-5(10)3-7(6)13-4-8(11)12/h1-3,10H,4H2,(H,11,12). The van der Waals surface area contributed by atoms with E-state index in [4.69, 9.17) is 14.9 Å². The molecule has 0 radical (unpaired) electrons. The van der Waals surface area contributed by atoms with Crippen molar-refractivity contribution < 1.29 is 19.7 Å². The first-order valence-electron chi connectivity index (χ1n) is 3.42. The minimum atomic E-state index is -1.06. The lowest BCUT2D eigenvalue weighted by molar-refractivity contribution is -0.139. The van der Waals surface area contributed by atoms with Crippen molar-refractivity contribution in [3.63, 3.8) is 0 Å². The second-order valence-corrected chi connectivity index (χ2v) is 3.15. The summed E-state index contributed by atoms with van der Waals surface area (Å²) in [6.45, 7) is -0.429. The monoisotopic (exact) mass is 246 g/mol. The summed E-state index contributed by atoms with van der Waals surface area (Å²) in [5, 5.41) is 17.4. The van der Waals surface area contributed by atoms with Gasteiger partial charge in [-0.3, -0.25) is 0 Å². The molecule has 70 valence electrons. The number of aromatic hydroxyl groups is 1. The Balaban J connectivity index is 2.75. The van der Waals surface area contributed by atoms with Gasteiger partial charge in [0.25, 0.3) is 0 Å². The molecule has 1 aromatic carbocycles. The Hall–Kier alpha value is -1.23. The Morgan fingerprint density at radius 2 is 2.23 bits per heavy atom. The van der Waals surface area contributed by atoms with Gasteiger partial charge in [-0.2, -0.15) is 0 Å². The number of carboxylic acid groups (broad SMARTS) is 1. The smallest absolute Gasteiger partial charge is 0.341 e. The fraction of sp³-hybridized carbons (Fsp3) is 0.125. The average molecular weight is 247 g/mol. The van der Waals surface area contributed by atoms with E-state index in [1.807, 2.05) is 0 Å². The molecule has 0 saturated heterocycles. The number of hydrogen-bond acceptors (Lipinski definition) is 3. The van der Waals surface area contributed by atoms with Gasteiger partial charge >= 0.3 is 5.97 Å². The van der Waals surface area contributed by atoms with Gasteiger partial charge < -0.3 is 14.9 Å². The maximum atomic E-state index is 10.2. The molecule has 0 atom stereocenters. The van der Waals surface area contributed by atoms with Gasteiger partial charge in [-0.25, -0.2) is 4.79 Å². The summed E-state index contributed by atoms with van der Waals surface area (Å²) < 4.78 is 5.48. The number of phenols is 1. The molecule has 0 fully saturated rings. The zero-order valence-corrected chi connectivity index (χ0v) is 8.11. The molecule has 1 aromatic rings. The fourth-order valence-electron chi connectivity index (χ4n) is 0.742. The van der Waals surface area contributed by atoms with E-state index in [2.05, 4.69) is 15.9 Å². The SMILES string of the molecule is O=C(O)COc1cc(O)ccc1Br. The highest BCUT2D eigenvalue weighted by atomic mass is 79.9. The first kappa shape index (κ1) is 9.85. The van der Waals surface area contributed by atoms with Gasteiger partial charge in [-0.05, 0) is 28.1 Å². The Bertz CT molecular complexity index is 324. The zero-order chi connectivity index (χ0) is 9.84. The molecular formula is C8H7BrO4. The van der Waals surface area contributed by atoms with Crippen molar-refractivity contribution in [2.75, 3.05) is 6.61 Å². The first-order chi connectivity index (χ1) is 6.09. The minimum absolute atomic E-state index is 0.0311. The predicted molar refractivity (Wildman–Crippen MR) is 48.9 cm³/mol. The van der Waals surface area contributed by atoms with Crippen LogP contribution in [0.1, 0.15) is 0 Å². The van der Waals surface area contributed by atoms with Crippen LogP contribution in [0, 0.1) is 0 Å². The molecule has 0 heterocycles. The zero-order valence-electron chi connectivity index (χ0n) is 6.53. The maximum Gasteiger partial charge on any atom is 0.341 e. The van der Waals surface area contributed by atoms with Crippen LogP contribution in [0.25, 0.3) is 0 Å². The van der Waals surface area contributed by atoms with Gasteiger partial charge in [0, 0.05) is 6.07 Å². The van der Waals surface area contributed by atoms with E-state index in [0.29, 0.717) is 10.2 Å². The summed E-state index contributed by atoms with van der Waals surface area (Å²) in [6.07, 6.45) is 0. The first-order valence-corrected chi connectivity index (χ1v) is 4.22. The number of halogens is 1. The van der Waals surface area contributed by atoms with Gasteiger partial charge in [-0.15, -0.1) is 0 Å². The van der Waals surface area contributed by atoms with Crippen molar-refractivity contribution in [2.45, 2.75) is 0 Å². The van der Waals surface area contributed by atoms with Crippen LogP contribution in [-0.4, -0.2) is 22.8 Å². The van der Waals surface area contributed by atoms with Crippen LogP contribution in [0.4, 0.5) is 0 Å². The van der Waals surface area contributed by atoms with Gasteiger partial charge in [0.15, 0.2) is 6.61 Å². The summed E-state index contributed by atoms with van der Waals surface area (Å²) in [4.78, 5) is 10.2. The number of hydrogen-bond donors (Lipinski definition) is 2. The van der Waals surface area contributed by atoms with E-state index >= 15 is 0 Å². The molecule has 0 aliphatic rings. The van der Waals surface area contributed by atoms with Crippen LogP contribution in [0.2, 0.25) is 0 Å². The van der Waals surface area contributed by atoms with Crippen LogP contribution in [-0.2, 0) is 4.79 Å². The highest BCUT2D eigenvalue weighted by Gasteiger charge is 2.04. The molecule has 2 N–H and O–H groups in total. The normalized spacial score (nSPS) is 9.62. The number of carboxylic acids is 1. The molecule has 0 aliphatic carbocycles. The summed E-state index contributed by atoms with van der Waals surface area (Å²) >= 11 is 3.15. The van der Waals surface area contributed by atoms with Crippen molar-refractivity contribution in [1.82, 2.24) is 0 Å². The largest absolute Gasteiger partial charge is 0.508 e. The van der Waals surface area contributed by atoms with Crippen molar-refractivity contribution in [2.24, 2.45) is 0 Å². The highest BCUT2D eigenvalue weighted by Crippen LogP contribution is 2.28. The molecule has 0 amide bonds. The highest BCUT2D eigenvalue weighted by molar-refractivity contribution is 9.10. The number of aliphatic carboxylic acids is 1. The quantitative estimate of drug-likeness (QED) is 0.851. The van der Waals surface area contributed by atoms with Gasteiger partial charge in [0.1, 0.15) is 11.5 Å². The van der Waals surface area contributed by atoms with Crippen LogP contribution in [0.15, 0.2) is 22.7 Å². The summed E-state index contributed by atoms with van der Waals surface area (Å²) in [6, 6.07) is 4.39. The maximum absolute atomic E-state index is 10.2. The molecule has 0 spiro atoms. The molecule has 0 aliphatic heterocycles. The van der Waals surface area contributed by atoms with Crippen LogP contribution < -0.4 is 4.74 Å².